The number of hydrogen-bond acceptors (Lipinski definition) is 2. The summed E-state index contributed by atoms with van der Waals surface area (Å²) in [7, 11) is 1.73. The van der Waals surface area contributed by atoms with E-state index in [-0.39, 0.29) is 5.54 Å². The number of aromatic amines is 1. The van der Waals surface area contributed by atoms with Gasteiger partial charge in [-0.25, -0.2) is 0 Å². The summed E-state index contributed by atoms with van der Waals surface area (Å²) in [4.78, 5) is 3.55. The highest BCUT2D eigenvalue weighted by Crippen LogP contribution is 2.34. The van der Waals surface area contributed by atoms with Crippen molar-refractivity contribution in [3.05, 3.63) is 29.0 Å². The third-order valence-electron chi connectivity index (χ3n) is 3.79. The molecule has 1 aliphatic heterocycles. The van der Waals surface area contributed by atoms with Crippen LogP contribution in [0.2, 0.25) is 0 Å². The van der Waals surface area contributed by atoms with Crippen LogP contribution in [0.1, 0.15) is 30.7 Å². The van der Waals surface area contributed by atoms with E-state index in [9.17, 15) is 0 Å². The monoisotopic (exact) mass is 244 g/mol. The van der Waals surface area contributed by atoms with Crippen LogP contribution in [0.15, 0.2) is 12.1 Å². The van der Waals surface area contributed by atoms with Gasteiger partial charge in [0.05, 0.1) is 12.6 Å². The molecule has 0 saturated heterocycles. The molecule has 1 aliphatic rings. The van der Waals surface area contributed by atoms with Crippen molar-refractivity contribution in [2.24, 2.45) is 0 Å². The summed E-state index contributed by atoms with van der Waals surface area (Å²) in [6.07, 6.45) is 1.03. The third kappa shape index (κ3) is 1.70. The third-order valence-corrected chi connectivity index (χ3v) is 3.79. The highest BCUT2D eigenvalue weighted by Gasteiger charge is 2.27. The van der Waals surface area contributed by atoms with Gasteiger partial charge in [0, 0.05) is 29.6 Å². The maximum absolute atomic E-state index is 5.49. The van der Waals surface area contributed by atoms with Crippen LogP contribution in [-0.4, -0.2) is 17.6 Å². The number of fused-ring (bicyclic) bond motifs is 3. The Hall–Kier alpha value is -1.48. The van der Waals surface area contributed by atoms with Crippen LogP contribution in [0.3, 0.4) is 0 Å². The number of aryl methyl sites for hydroxylation is 1. The van der Waals surface area contributed by atoms with Gasteiger partial charge in [0.15, 0.2) is 0 Å². The Labute approximate surface area is 108 Å². The second-order valence-corrected chi connectivity index (χ2v) is 5.89. The molecule has 2 heterocycles. The molecule has 1 aromatic heterocycles. The SMILES string of the molecule is COc1cc(C)cc2c3c([nH]c12)CC(C)(C)NC3. The van der Waals surface area contributed by atoms with E-state index in [1.54, 1.807) is 7.11 Å². The lowest BCUT2D eigenvalue weighted by molar-refractivity contribution is 0.360. The van der Waals surface area contributed by atoms with Crippen molar-refractivity contribution < 1.29 is 4.74 Å². The van der Waals surface area contributed by atoms with Gasteiger partial charge in [-0.2, -0.15) is 0 Å². The Bertz CT molecular complexity index is 610. The molecule has 3 heteroatoms. The number of aromatic nitrogens is 1. The summed E-state index contributed by atoms with van der Waals surface area (Å²) >= 11 is 0. The highest BCUT2D eigenvalue weighted by atomic mass is 16.5. The maximum atomic E-state index is 5.49. The molecular weight excluding hydrogens is 224 g/mol. The standard InChI is InChI=1S/C15H20N2O/c1-9-5-10-11-8-16-15(2,3)7-12(11)17-14(10)13(6-9)18-4/h5-6,16-17H,7-8H2,1-4H3. The second-order valence-electron chi connectivity index (χ2n) is 5.89. The molecule has 0 fully saturated rings. The number of hydrogen-bond donors (Lipinski definition) is 2. The van der Waals surface area contributed by atoms with Crippen molar-refractivity contribution in [1.29, 1.82) is 0 Å². The van der Waals surface area contributed by atoms with Crippen LogP contribution in [0.5, 0.6) is 5.75 Å². The van der Waals surface area contributed by atoms with Crippen LogP contribution in [0.25, 0.3) is 10.9 Å². The normalized spacial score (nSPS) is 17.8. The predicted octanol–water partition coefficient (Wildman–Crippen LogP) is 2.91. The van der Waals surface area contributed by atoms with Gasteiger partial charge in [0.2, 0.25) is 0 Å². The zero-order valence-corrected chi connectivity index (χ0v) is 11.5. The molecule has 3 nitrogen and oxygen atoms in total. The van der Waals surface area contributed by atoms with Crippen molar-refractivity contribution in [1.82, 2.24) is 10.3 Å². The first kappa shape index (κ1) is 11.6. The van der Waals surface area contributed by atoms with Gasteiger partial charge in [-0.1, -0.05) is 0 Å². The Morgan fingerprint density at radius 2 is 2.06 bits per heavy atom. The largest absolute Gasteiger partial charge is 0.495 e. The molecule has 0 bridgehead atoms. The number of rotatable bonds is 1. The van der Waals surface area contributed by atoms with E-state index in [1.165, 1.54) is 22.2 Å². The quantitative estimate of drug-likeness (QED) is 0.809. The lowest BCUT2D eigenvalue weighted by Crippen LogP contribution is -2.44. The number of ether oxygens (including phenoxy) is 1. The summed E-state index contributed by atoms with van der Waals surface area (Å²) in [5.74, 6) is 0.942. The zero-order chi connectivity index (χ0) is 12.9. The van der Waals surface area contributed by atoms with E-state index < -0.39 is 0 Å². The fourth-order valence-electron chi connectivity index (χ4n) is 2.85. The van der Waals surface area contributed by atoms with Gasteiger partial charge in [0.25, 0.3) is 0 Å². The molecular formula is C15H20N2O. The number of benzene rings is 1. The zero-order valence-electron chi connectivity index (χ0n) is 11.5. The molecule has 0 spiro atoms. The molecule has 0 aliphatic carbocycles. The van der Waals surface area contributed by atoms with Gasteiger partial charge in [-0.05, 0) is 44.0 Å². The highest BCUT2D eigenvalue weighted by molar-refractivity contribution is 5.90. The van der Waals surface area contributed by atoms with Crippen molar-refractivity contribution in [3.63, 3.8) is 0 Å². The predicted molar refractivity (Wildman–Crippen MR) is 74.2 cm³/mol. The molecule has 2 N–H and O–H groups in total. The molecule has 2 aromatic rings. The van der Waals surface area contributed by atoms with Gasteiger partial charge in [0.1, 0.15) is 5.75 Å². The molecule has 0 radical (unpaired) electrons. The van der Waals surface area contributed by atoms with E-state index in [1.807, 2.05) is 0 Å². The summed E-state index contributed by atoms with van der Waals surface area (Å²) < 4.78 is 5.49. The van der Waals surface area contributed by atoms with Crippen molar-refractivity contribution in [2.75, 3.05) is 7.11 Å². The molecule has 18 heavy (non-hydrogen) atoms. The van der Waals surface area contributed by atoms with Crippen LogP contribution in [0, 0.1) is 6.92 Å². The lowest BCUT2D eigenvalue weighted by Gasteiger charge is -2.31. The summed E-state index contributed by atoms with van der Waals surface area (Å²) in [5, 5.41) is 4.89. The number of H-pyrrole nitrogens is 1. The van der Waals surface area contributed by atoms with Gasteiger partial charge >= 0.3 is 0 Å². The first-order chi connectivity index (χ1) is 8.50. The summed E-state index contributed by atoms with van der Waals surface area (Å²) in [6, 6.07) is 4.33. The average Bonchev–Trinajstić information content (AvgIpc) is 2.63. The van der Waals surface area contributed by atoms with Crippen molar-refractivity contribution in [2.45, 2.75) is 39.3 Å². The fraction of sp³-hybridized carbons (Fsp3) is 0.467. The molecule has 96 valence electrons. The minimum absolute atomic E-state index is 0.163. The first-order valence-electron chi connectivity index (χ1n) is 6.43. The molecule has 0 saturated carbocycles. The number of nitrogens with one attached hydrogen (secondary N) is 2. The van der Waals surface area contributed by atoms with Crippen LogP contribution in [0.4, 0.5) is 0 Å². The summed E-state index contributed by atoms with van der Waals surface area (Å²) in [5.41, 5.74) is 5.28. The minimum Gasteiger partial charge on any atom is -0.495 e. The molecule has 0 amide bonds. The van der Waals surface area contributed by atoms with Gasteiger partial charge < -0.3 is 15.0 Å². The Morgan fingerprint density at radius 1 is 1.28 bits per heavy atom. The second kappa shape index (κ2) is 3.75. The Balaban J connectivity index is 2.24. The van der Waals surface area contributed by atoms with Crippen LogP contribution >= 0.6 is 0 Å². The summed E-state index contributed by atoms with van der Waals surface area (Å²) in [6.45, 7) is 7.52. The maximum Gasteiger partial charge on any atom is 0.143 e. The first-order valence-corrected chi connectivity index (χ1v) is 6.43. The van der Waals surface area contributed by atoms with Gasteiger partial charge in [-0.15, -0.1) is 0 Å². The van der Waals surface area contributed by atoms with E-state index in [4.69, 9.17) is 4.74 Å². The molecule has 3 rings (SSSR count). The minimum atomic E-state index is 0.163. The Kier molecular flexibility index (Phi) is 2.42. The van der Waals surface area contributed by atoms with Gasteiger partial charge in [-0.3, -0.25) is 0 Å². The number of methoxy groups -OCH3 is 1. The van der Waals surface area contributed by atoms with E-state index in [0.29, 0.717) is 0 Å². The van der Waals surface area contributed by atoms with Crippen LogP contribution < -0.4 is 10.1 Å². The van der Waals surface area contributed by atoms with E-state index in [2.05, 4.69) is 43.2 Å². The van der Waals surface area contributed by atoms with Crippen molar-refractivity contribution >= 4 is 10.9 Å². The molecule has 1 aromatic carbocycles. The van der Waals surface area contributed by atoms with E-state index >= 15 is 0 Å². The molecule has 0 atom stereocenters. The fourth-order valence-corrected chi connectivity index (χ4v) is 2.85. The van der Waals surface area contributed by atoms with Crippen molar-refractivity contribution in [3.8, 4) is 5.75 Å². The van der Waals surface area contributed by atoms with Crippen LogP contribution in [-0.2, 0) is 13.0 Å². The topological polar surface area (TPSA) is 37.0 Å². The Morgan fingerprint density at radius 3 is 2.78 bits per heavy atom. The average molecular weight is 244 g/mol. The smallest absolute Gasteiger partial charge is 0.143 e. The lowest BCUT2D eigenvalue weighted by atomic mass is 9.91. The van der Waals surface area contributed by atoms with E-state index in [0.717, 1.165) is 24.2 Å². The molecule has 0 unspecified atom stereocenters.